The maximum Gasteiger partial charge on any atom is 0.0107 e. The van der Waals surface area contributed by atoms with Crippen LogP contribution in [0.5, 0.6) is 0 Å². The van der Waals surface area contributed by atoms with E-state index in [1.54, 1.807) is 0 Å². The monoisotopic (exact) mass is 160 g/mol. The Bertz CT molecular complexity index is 78.9. The lowest BCUT2D eigenvalue weighted by molar-refractivity contribution is 0.288. The third-order valence-electron chi connectivity index (χ3n) is 1.84. The van der Waals surface area contributed by atoms with Gasteiger partial charge in [-0.15, -0.1) is 0 Å². The lowest BCUT2D eigenvalue weighted by atomic mass is 10.4. The maximum atomic E-state index is 3.33. The highest BCUT2D eigenvalue weighted by Crippen LogP contribution is 1.88. The van der Waals surface area contributed by atoms with E-state index >= 15 is 0 Å². The Hall–Kier alpha value is -0.0800. The van der Waals surface area contributed by atoms with Crippen molar-refractivity contribution >= 4 is 0 Å². The summed E-state index contributed by atoms with van der Waals surface area (Å²) < 4.78 is 0. The molecule has 0 saturated heterocycles. The molecule has 0 aliphatic rings. The van der Waals surface area contributed by atoms with Crippen molar-refractivity contribution in [2.24, 2.45) is 0 Å². The second kappa shape index (κ2) is 8.02. The topological polar surface area (TPSA) is 15.3 Å². The summed E-state index contributed by atoms with van der Waals surface area (Å²) in [5, 5.41) is 3.33. The fourth-order valence-corrected chi connectivity index (χ4v) is 1.16. The molecule has 1 N–H and O–H groups in total. The summed E-state index contributed by atoms with van der Waals surface area (Å²) >= 11 is 0. The van der Waals surface area contributed by atoms with Gasteiger partial charge in [-0.1, -0.05) is 20.8 Å². The molecule has 0 heterocycles. The predicted molar refractivity (Wildman–Crippen MR) is 53.1 cm³/mol. The minimum atomic E-state index is 0. The van der Waals surface area contributed by atoms with Crippen molar-refractivity contribution in [1.82, 2.24) is 10.2 Å². The zero-order valence-electron chi connectivity index (χ0n) is 8.19. The Kier molecular flexibility index (Phi) is 7.96. The van der Waals surface area contributed by atoms with Crippen LogP contribution in [0.3, 0.4) is 0 Å². The summed E-state index contributed by atoms with van der Waals surface area (Å²) in [5.74, 6) is 0. The summed E-state index contributed by atoms with van der Waals surface area (Å²) in [7, 11) is 0. The molecule has 0 spiro atoms. The summed E-state index contributed by atoms with van der Waals surface area (Å²) in [6.07, 6.45) is 1.26. The van der Waals surface area contributed by atoms with E-state index in [2.05, 4.69) is 31.0 Å². The Balaban J connectivity index is 0. The largest absolute Gasteiger partial charge is 0.316 e. The molecule has 0 unspecified atom stereocenters. The molecule has 0 aliphatic heterocycles. The van der Waals surface area contributed by atoms with Gasteiger partial charge in [-0.2, -0.15) is 0 Å². The van der Waals surface area contributed by atoms with Gasteiger partial charge in [-0.25, -0.2) is 0 Å². The van der Waals surface area contributed by atoms with Crippen LogP contribution in [0, 0.1) is 0 Å². The molecule has 0 amide bonds. The van der Waals surface area contributed by atoms with Gasteiger partial charge in [-0.3, -0.25) is 0 Å². The van der Waals surface area contributed by atoms with Crippen molar-refractivity contribution in [2.45, 2.75) is 27.2 Å². The van der Waals surface area contributed by atoms with E-state index in [-0.39, 0.29) is 1.43 Å². The molecule has 0 aromatic carbocycles. The van der Waals surface area contributed by atoms with Gasteiger partial charge in [0.15, 0.2) is 0 Å². The Labute approximate surface area is 72.5 Å². The van der Waals surface area contributed by atoms with E-state index in [0.29, 0.717) is 0 Å². The average molecular weight is 160 g/mol. The van der Waals surface area contributed by atoms with Crippen LogP contribution in [-0.2, 0) is 0 Å². The first-order chi connectivity index (χ1) is 5.35. The van der Waals surface area contributed by atoms with E-state index < -0.39 is 0 Å². The summed E-state index contributed by atoms with van der Waals surface area (Å²) in [6, 6.07) is 0. The van der Waals surface area contributed by atoms with Gasteiger partial charge < -0.3 is 10.2 Å². The van der Waals surface area contributed by atoms with Crippen LogP contribution in [0.2, 0.25) is 0 Å². The standard InChI is InChI=1S/C9H22N2.H2/c1-4-8-11(6-3)9-7-10-5-2;/h10H,4-9H2,1-3H3;1H. The van der Waals surface area contributed by atoms with Gasteiger partial charge in [0, 0.05) is 14.5 Å². The maximum absolute atomic E-state index is 3.33. The zero-order chi connectivity index (χ0) is 8.53. The number of hydrogen-bond acceptors (Lipinski definition) is 2. The molecule has 0 aliphatic carbocycles. The number of likely N-dealkylation sites (N-methyl/N-ethyl adjacent to an activating group) is 2. The van der Waals surface area contributed by atoms with Gasteiger partial charge in [0.1, 0.15) is 0 Å². The van der Waals surface area contributed by atoms with Gasteiger partial charge in [0.05, 0.1) is 0 Å². The van der Waals surface area contributed by atoms with Crippen LogP contribution in [0.4, 0.5) is 0 Å². The third-order valence-corrected chi connectivity index (χ3v) is 1.84. The Morgan fingerprint density at radius 2 is 1.91 bits per heavy atom. The highest BCUT2D eigenvalue weighted by atomic mass is 15.1. The van der Waals surface area contributed by atoms with Crippen LogP contribution < -0.4 is 5.32 Å². The second-order valence-corrected chi connectivity index (χ2v) is 2.79. The lowest BCUT2D eigenvalue weighted by Gasteiger charge is -2.19. The molecule has 0 aromatic rings. The van der Waals surface area contributed by atoms with E-state index in [0.717, 1.165) is 13.1 Å². The molecule has 0 atom stereocenters. The summed E-state index contributed by atoms with van der Waals surface area (Å²) in [6.45, 7) is 12.4. The van der Waals surface area contributed by atoms with Crippen molar-refractivity contribution in [2.75, 3.05) is 32.7 Å². The van der Waals surface area contributed by atoms with Crippen molar-refractivity contribution in [3.05, 3.63) is 0 Å². The van der Waals surface area contributed by atoms with Gasteiger partial charge in [0.25, 0.3) is 0 Å². The number of rotatable bonds is 7. The van der Waals surface area contributed by atoms with Crippen LogP contribution >= 0.6 is 0 Å². The summed E-state index contributed by atoms with van der Waals surface area (Å²) in [4.78, 5) is 2.47. The highest BCUT2D eigenvalue weighted by molar-refractivity contribution is 4.55. The molecule has 0 saturated carbocycles. The first-order valence-electron chi connectivity index (χ1n) is 4.78. The fraction of sp³-hybridized carbons (Fsp3) is 1.00. The molecule has 70 valence electrons. The molecule has 0 fully saturated rings. The van der Waals surface area contributed by atoms with Crippen LogP contribution in [0.1, 0.15) is 28.6 Å². The fourth-order valence-electron chi connectivity index (χ4n) is 1.16. The quantitative estimate of drug-likeness (QED) is 0.569. The first kappa shape index (κ1) is 10.9. The first-order valence-corrected chi connectivity index (χ1v) is 4.78. The van der Waals surface area contributed by atoms with Crippen molar-refractivity contribution in [1.29, 1.82) is 0 Å². The Morgan fingerprint density at radius 3 is 2.36 bits per heavy atom. The highest BCUT2D eigenvalue weighted by Gasteiger charge is 1.97. The van der Waals surface area contributed by atoms with Crippen molar-refractivity contribution < 1.29 is 1.43 Å². The SMILES string of the molecule is CCCN(CC)CCNCC.[HH]. The van der Waals surface area contributed by atoms with Gasteiger partial charge in [-0.05, 0) is 26.1 Å². The molecule has 0 aromatic heterocycles. The van der Waals surface area contributed by atoms with Crippen LogP contribution in [0.15, 0.2) is 0 Å². The molecule has 2 heteroatoms. The number of nitrogens with one attached hydrogen (secondary N) is 1. The normalized spacial score (nSPS) is 10.9. The molecule has 0 rings (SSSR count). The second-order valence-electron chi connectivity index (χ2n) is 2.79. The number of nitrogens with zero attached hydrogens (tertiary/aromatic N) is 1. The minimum absolute atomic E-state index is 0. The number of hydrogen-bond donors (Lipinski definition) is 1. The lowest BCUT2D eigenvalue weighted by Crippen LogP contribution is -2.32. The van der Waals surface area contributed by atoms with E-state index in [4.69, 9.17) is 0 Å². The van der Waals surface area contributed by atoms with E-state index in [1.807, 2.05) is 0 Å². The van der Waals surface area contributed by atoms with E-state index in [1.165, 1.54) is 26.1 Å². The molecular formula is C9H24N2. The molecule has 2 nitrogen and oxygen atoms in total. The van der Waals surface area contributed by atoms with Gasteiger partial charge in [0.2, 0.25) is 0 Å². The predicted octanol–water partition coefficient (Wildman–Crippen LogP) is 1.57. The molecule has 0 bridgehead atoms. The van der Waals surface area contributed by atoms with Crippen LogP contribution in [-0.4, -0.2) is 37.6 Å². The van der Waals surface area contributed by atoms with Gasteiger partial charge >= 0.3 is 0 Å². The van der Waals surface area contributed by atoms with Crippen LogP contribution in [0.25, 0.3) is 0 Å². The third kappa shape index (κ3) is 6.32. The van der Waals surface area contributed by atoms with Crippen molar-refractivity contribution in [3.8, 4) is 0 Å². The van der Waals surface area contributed by atoms with Crippen molar-refractivity contribution in [3.63, 3.8) is 0 Å². The zero-order valence-corrected chi connectivity index (χ0v) is 8.19. The van der Waals surface area contributed by atoms with E-state index in [9.17, 15) is 0 Å². The molecule has 0 radical (unpaired) electrons. The smallest absolute Gasteiger partial charge is 0.0107 e. The average Bonchev–Trinajstić information content (AvgIpc) is 2.03. The Morgan fingerprint density at radius 1 is 1.18 bits per heavy atom. The minimum Gasteiger partial charge on any atom is -0.316 e. The molecular weight excluding hydrogens is 136 g/mol. The summed E-state index contributed by atoms with van der Waals surface area (Å²) in [5.41, 5.74) is 0. The molecule has 11 heavy (non-hydrogen) atoms.